The molecule has 18 heavy (non-hydrogen) atoms. The van der Waals surface area contributed by atoms with Gasteiger partial charge in [0.25, 0.3) is 0 Å². The molecule has 0 aliphatic heterocycles. The molecule has 0 aromatic rings. The summed E-state index contributed by atoms with van der Waals surface area (Å²) in [6.07, 6.45) is 3.47. The lowest BCUT2D eigenvalue weighted by Gasteiger charge is -2.21. The normalized spacial score (nSPS) is 11.9. The summed E-state index contributed by atoms with van der Waals surface area (Å²) in [6.45, 7) is 6.17. The summed E-state index contributed by atoms with van der Waals surface area (Å²) < 4.78 is 22.0. The van der Waals surface area contributed by atoms with E-state index in [0.717, 1.165) is 31.9 Å². The Labute approximate surface area is 128 Å². The first-order valence-corrected chi connectivity index (χ1v) is 8.14. The molecule has 0 unspecified atom stereocenters. The number of aliphatic imine (C=N–C) groups is 1. The highest BCUT2D eigenvalue weighted by Crippen LogP contribution is 1.93. The average Bonchev–Trinajstić information content (AvgIpc) is 2.23. The van der Waals surface area contributed by atoms with Crippen LogP contribution in [-0.2, 0) is 9.84 Å². The third-order valence-corrected chi connectivity index (χ3v) is 3.19. The Bertz CT molecular complexity index is 331. The number of halogens is 1. The maximum Gasteiger partial charge on any atom is 0.193 e. The third kappa shape index (κ3) is 11.1. The van der Waals surface area contributed by atoms with Crippen molar-refractivity contribution in [3.05, 3.63) is 0 Å². The van der Waals surface area contributed by atoms with Gasteiger partial charge in [0.1, 0.15) is 9.84 Å². The average molecular weight is 391 g/mol. The van der Waals surface area contributed by atoms with Crippen LogP contribution in [0.3, 0.4) is 0 Å². The van der Waals surface area contributed by atoms with Gasteiger partial charge < -0.3 is 10.2 Å². The van der Waals surface area contributed by atoms with Gasteiger partial charge >= 0.3 is 0 Å². The fraction of sp³-hybridized carbons (Fsp3) is 0.909. The molecule has 0 radical (unpaired) electrons. The van der Waals surface area contributed by atoms with Crippen LogP contribution in [0.1, 0.15) is 26.7 Å². The van der Waals surface area contributed by atoms with Gasteiger partial charge in [0, 0.05) is 26.4 Å². The zero-order chi connectivity index (χ0) is 13.3. The lowest BCUT2D eigenvalue weighted by Crippen LogP contribution is -2.39. The fourth-order valence-corrected chi connectivity index (χ4v) is 1.71. The van der Waals surface area contributed by atoms with Crippen LogP contribution in [-0.4, -0.2) is 58.0 Å². The molecule has 0 atom stereocenters. The highest BCUT2D eigenvalue weighted by atomic mass is 127. The number of hydrogen-bond donors (Lipinski definition) is 1. The monoisotopic (exact) mass is 391 g/mol. The van der Waals surface area contributed by atoms with Gasteiger partial charge in [-0.1, -0.05) is 13.3 Å². The molecule has 0 aromatic heterocycles. The van der Waals surface area contributed by atoms with E-state index >= 15 is 0 Å². The van der Waals surface area contributed by atoms with Crippen molar-refractivity contribution in [3.63, 3.8) is 0 Å². The molecule has 0 saturated carbocycles. The number of rotatable bonds is 7. The summed E-state index contributed by atoms with van der Waals surface area (Å²) in [6, 6.07) is 0. The Morgan fingerprint density at radius 1 is 1.33 bits per heavy atom. The Hall–Kier alpha value is -0.0500. The number of hydrogen-bond acceptors (Lipinski definition) is 3. The number of guanidine groups is 1. The standard InChI is InChI=1S/C11H25N3O2S.HI/c1-5-7-9-14(3)11(12-6-2)13-8-10-17(4,15)16;/h5-10H2,1-4H3,(H,12,13);1H. The highest BCUT2D eigenvalue weighted by molar-refractivity contribution is 14.0. The lowest BCUT2D eigenvalue weighted by molar-refractivity contribution is 0.465. The van der Waals surface area contributed by atoms with Crippen molar-refractivity contribution in [1.29, 1.82) is 0 Å². The van der Waals surface area contributed by atoms with Crippen LogP contribution in [0, 0.1) is 0 Å². The first kappa shape index (κ1) is 20.3. The van der Waals surface area contributed by atoms with Crippen molar-refractivity contribution in [2.45, 2.75) is 26.7 Å². The van der Waals surface area contributed by atoms with E-state index in [2.05, 4.69) is 17.2 Å². The number of unbranched alkanes of at least 4 members (excludes halogenated alkanes) is 1. The SMILES string of the molecule is CCCCN(C)C(=NCCS(C)(=O)=O)NCC.I. The van der Waals surface area contributed by atoms with E-state index in [0.29, 0.717) is 6.54 Å². The largest absolute Gasteiger partial charge is 0.357 e. The van der Waals surface area contributed by atoms with Crippen LogP contribution in [0.5, 0.6) is 0 Å². The summed E-state index contributed by atoms with van der Waals surface area (Å²) in [5.41, 5.74) is 0. The van der Waals surface area contributed by atoms with Gasteiger partial charge in [-0.05, 0) is 13.3 Å². The second-order valence-corrected chi connectivity index (χ2v) is 6.40. The Kier molecular flexibility index (Phi) is 12.2. The van der Waals surface area contributed by atoms with Crippen LogP contribution >= 0.6 is 24.0 Å². The van der Waals surface area contributed by atoms with Gasteiger partial charge in [0.2, 0.25) is 0 Å². The second-order valence-electron chi connectivity index (χ2n) is 4.14. The van der Waals surface area contributed by atoms with Gasteiger partial charge in [-0.15, -0.1) is 24.0 Å². The van der Waals surface area contributed by atoms with Crippen LogP contribution in [0.15, 0.2) is 4.99 Å². The van der Waals surface area contributed by atoms with Crippen molar-refractivity contribution in [3.8, 4) is 0 Å². The zero-order valence-corrected chi connectivity index (χ0v) is 14.9. The molecule has 0 bridgehead atoms. The zero-order valence-electron chi connectivity index (χ0n) is 11.8. The molecule has 110 valence electrons. The minimum absolute atomic E-state index is 0. The molecule has 0 spiro atoms. The van der Waals surface area contributed by atoms with E-state index < -0.39 is 9.84 Å². The van der Waals surface area contributed by atoms with Gasteiger partial charge in [-0.2, -0.15) is 0 Å². The minimum Gasteiger partial charge on any atom is -0.357 e. The molecule has 0 heterocycles. The van der Waals surface area contributed by atoms with Crippen molar-refractivity contribution in [2.24, 2.45) is 4.99 Å². The maximum atomic E-state index is 11.0. The fourth-order valence-electron chi connectivity index (χ4n) is 1.29. The summed E-state index contributed by atoms with van der Waals surface area (Å²) in [5.74, 6) is 0.883. The lowest BCUT2D eigenvalue weighted by atomic mass is 10.3. The van der Waals surface area contributed by atoms with Crippen LogP contribution < -0.4 is 5.32 Å². The number of sulfone groups is 1. The number of nitrogens with one attached hydrogen (secondary N) is 1. The summed E-state index contributed by atoms with van der Waals surface area (Å²) >= 11 is 0. The third-order valence-electron chi connectivity index (χ3n) is 2.27. The van der Waals surface area contributed by atoms with Crippen molar-refractivity contribution in [2.75, 3.05) is 38.7 Å². The molecule has 0 fully saturated rings. The first-order valence-electron chi connectivity index (χ1n) is 6.07. The van der Waals surface area contributed by atoms with E-state index in [1.54, 1.807) is 0 Å². The molecular formula is C11H26IN3O2S. The molecule has 0 aliphatic carbocycles. The quantitative estimate of drug-likeness (QED) is 0.404. The smallest absolute Gasteiger partial charge is 0.193 e. The van der Waals surface area contributed by atoms with Crippen molar-refractivity contribution < 1.29 is 8.42 Å². The minimum atomic E-state index is -2.93. The molecule has 0 aliphatic rings. The Balaban J connectivity index is 0. The molecule has 7 heteroatoms. The predicted octanol–water partition coefficient (Wildman–Crippen LogP) is 1.35. The van der Waals surface area contributed by atoms with Crippen LogP contribution in [0.4, 0.5) is 0 Å². The Morgan fingerprint density at radius 3 is 2.39 bits per heavy atom. The van der Waals surface area contributed by atoms with E-state index in [1.807, 2.05) is 18.9 Å². The molecule has 5 nitrogen and oxygen atoms in total. The number of nitrogens with zero attached hydrogens (tertiary/aromatic N) is 2. The molecule has 1 N–H and O–H groups in total. The van der Waals surface area contributed by atoms with Crippen molar-refractivity contribution >= 4 is 39.8 Å². The summed E-state index contributed by atoms with van der Waals surface area (Å²) in [5, 5.41) is 3.16. The van der Waals surface area contributed by atoms with Gasteiger partial charge in [-0.25, -0.2) is 8.42 Å². The summed E-state index contributed by atoms with van der Waals surface area (Å²) in [7, 11) is -0.961. The van der Waals surface area contributed by atoms with Gasteiger partial charge in [-0.3, -0.25) is 4.99 Å². The molecule has 0 saturated heterocycles. The maximum absolute atomic E-state index is 11.0. The Morgan fingerprint density at radius 2 is 1.94 bits per heavy atom. The van der Waals surface area contributed by atoms with E-state index in [-0.39, 0.29) is 29.7 Å². The molecule has 0 aromatic carbocycles. The molecule has 0 rings (SSSR count). The molecular weight excluding hydrogens is 365 g/mol. The summed E-state index contributed by atoms with van der Waals surface area (Å²) in [4.78, 5) is 6.34. The van der Waals surface area contributed by atoms with Crippen LogP contribution in [0.2, 0.25) is 0 Å². The predicted molar refractivity (Wildman–Crippen MR) is 88.6 cm³/mol. The van der Waals surface area contributed by atoms with E-state index in [1.165, 1.54) is 6.26 Å². The second kappa shape index (κ2) is 10.8. The van der Waals surface area contributed by atoms with Crippen LogP contribution in [0.25, 0.3) is 0 Å². The highest BCUT2D eigenvalue weighted by Gasteiger charge is 2.06. The van der Waals surface area contributed by atoms with Gasteiger partial charge in [0.15, 0.2) is 5.96 Å². The van der Waals surface area contributed by atoms with Gasteiger partial charge in [0.05, 0.1) is 12.3 Å². The van der Waals surface area contributed by atoms with E-state index in [9.17, 15) is 8.42 Å². The van der Waals surface area contributed by atoms with Crippen molar-refractivity contribution in [1.82, 2.24) is 10.2 Å². The molecule has 0 amide bonds. The topological polar surface area (TPSA) is 61.8 Å². The first-order chi connectivity index (χ1) is 7.90. The van der Waals surface area contributed by atoms with E-state index in [4.69, 9.17) is 0 Å².